The zero-order valence-electron chi connectivity index (χ0n) is 12.0. The molecular formula is C14H19N3O4S. The van der Waals surface area contributed by atoms with Gasteiger partial charge in [-0.25, -0.2) is 13.2 Å². The zero-order chi connectivity index (χ0) is 16.0. The van der Waals surface area contributed by atoms with Gasteiger partial charge < -0.3 is 16.0 Å². The van der Waals surface area contributed by atoms with E-state index in [2.05, 4.69) is 16.0 Å². The molecule has 1 atom stereocenters. The minimum atomic E-state index is -3.03. The number of urea groups is 1. The maximum Gasteiger partial charge on any atom is 0.315 e. The van der Waals surface area contributed by atoms with Crippen molar-refractivity contribution in [3.8, 4) is 0 Å². The maximum atomic E-state index is 11.6. The van der Waals surface area contributed by atoms with Crippen LogP contribution in [0.1, 0.15) is 12.0 Å². The molecule has 1 aromatic carbocycles. The number of hydrogen-bond donors (Lipinski definition) is 3. The number of carbonyl (C=O) groups excluding carboxylic acids is 2. The standard InChI is InChI=1S/C14H19N3O4S/c18-13(17-12-6-7-22(20,21)10-12)9-16-14(19)15-8-11-4-2-1-3-5-11/h1-5,12H,6-10H2,(H,17,18)(H2,15,16,19). The number of nitrogens with one attached hydrogen (secondary N) is 3. The molecule has 0 bridgehead atoms. The predicted molar refractivity (Wildman–Crippen MR) is 81.9 cm³/mol. The van der Waals surface area contributed by atoms with Crippen LogP contribution in [0.4, 0.5) is 4.79 Å². The SMILES string of the molecule is O=C(CNC(=O)NCc1ccccc1)NC1CCS(=O)(=O)C1. The quantitative estimate of drug-likeness (QED) is 0.696. The average Bonchev–Trinajstić information content (AvgIpc) is 2.83. The first kappa shape index (κ1) is 16.3. The molecule has 8 heteroatoms. The highest BCUT2D eigenvalue weighted by molar-refractivity contribution is 7.91. The van der Waals surface area contributed by atoms with E-state index in [1.807, 2.05) is 30.3 Å². The second-order valence-electron chi connectivity index (χ2n) is 5.19. The fraction of sp³-hybridized carbons (Fsp3) is 0.429. The Kier molecular flexibility index (Phi) is 5.37. The van der Waals surface area contributed by atoms with Crippen molar-refractivity contribution in [1.82, 2.24) is 16.0 Å². The van der Waals surface area contributed by atoms with Crippen molar-refractivity contribution < 1.29 is 18.0 Å². The van der Waals surface area contributed by atoms with Gasteiger partial charge in [0.15, 0.2) is 9.84 Å². The highest BCUT2D eigenvalue weighted by Gasteiger charge is 2.28. The van der Waals surface area contributed by atoms with Crippen molar-refractivity contribution in [2.75, 3.05) is 18.1 Å². The lowest BCUT2D eigenvalue weighted by Gasteiger charge is -2.12. The minimum Gasteiger partial charge on any atom is -0.351 e. The molecule has 22 heavy (non-hydrogen) atoms. The van der Waals surface area contributed by atoms with Crippen molar-refractivity contribution >= 4 is 21.8 Å². The molecule has 0 aromatic heterocycles. The summed E-state index contributed by atoms with van der Waals surface area (Å²) in [6, 6.07) is 8.60. The van der Waals surface area contributed by atoms with Crippen LogP contribution < -0.4 is 16.0 Å². The van der Waals surface area contributed by atoms with Gasteiger partial charge >= 0.3 is 6.03 Å². The van der Waals surface area contributed by atoms with Gasteiger partial charge in [0, 0.05) is 12.6 Å². The number of amides is 3. The second kappa shape index (κ2) is 7.26. The molecule has 1 aliphatic rings. The molecule has 0 radical (unpaired) electrons. The molecule has 0 aliphatic carbocycles. The van der Waals surface area contributed by atoms with E-state index in [4.69, 9.17) is 0 Å². The van der Waals surface area contributed by atoms with Gasteiger partial charge in [-0.2, -0.15) is 0 Å². The van der Waals surface area contributed by atoms with Gasteiger partial charge in [-0.3, -0.25) is 4.79 Å². The molecular weight excluding hydrogens is 306 g/mol. The van der Waals surface area contributed by atoms with Gasteiger partial charge in [0.05, 0.1) is 18.1 Å². The number of hydrogen-bond acceptors (Lipinski definition) is 4. The van der Waals surface area contributed by atoms with E-state index in [1.54, 1.807) is 0 Å². The zero-order valence-corrected chi connectivity index (χ0v) is 12.9. The van der Waals surface area contributed by atoms with E-state index in [0.717, 1.165) is 5.56 Å². The Morgan fingerprint density at radius 1 is 1.14 bits per heavy atom. The largest absolute Gasteiger partial charge is 0.351 e. The van der Waals surface area contributed by atoms with Crippen molar-refractivity contribution in [2.45, 2.75) is 19.0 Å². The average molecular weight is 325 g/mol. The lowest BCUT2D eigenvalue weighted by Crippen LogP contribution is -2.45. The summed E-state index contributed by atoms with van der Waals surface area (Å²) in [4.78, 5) is 23.2. The molecule has 0 spiro atoms. The van der Waals surface area contributed by atoms with Crippen molar-refractivity contribution in [2.24, 2.45) is 0 Å². The predicted octanol–water partition coefficient (Wildman–Crippen LogP) is -0.211. The minimum absolute atomic E-state index is 0.0288. The van der Waals surface area contributed by atoms with Gasteiger partial charge in [-0.05, 0) is 12.0 Å². The Morgan fingerprint density at radius 3 is 2.50 bits per heavy atom. The van der Waals surface area contributed by atoms with Gasteiger partial charge in [-0.1, -0.05) is 30.3 Å². The molecule has 0 saturated carbocycles. The Balaban J connectivity index is 1.65. The number of rotatable bonds is 5. The van der Waals surface area contributed by atoms with Crippen LogP contribution in [0.2, 0.25) is 0 Å². The Labute approximate surface area is 129 Å². The van der Waals surface area contributed by atoms with E-state index in [0.29, 0.717) is 13.0 Å². The van der Waals surface area contributed by atoms with Gasteiger partial charge in [0.1, 0.15) is 0 Å². The summed E-state index contributed by atoms with van der Waals surface area (Å²) in [7, 11) is -3.03. The fourth-order valence-electron chi connectivity index (χ4n) is 2.19. The van der Waals surface area contributed by atoms with E-state index in [9.17, 15) is 18.0 Å². The molecule has 120 valence electrons. The molecule has 1 fully saturated rings. The Morgan fingerprint density at radius 2 is 1.86 bits per heavy atom. The normalized spacial score (nSPS) is 19.4. The summed E-state index contributed by atoms with van der Waals surface area (Å²) in [5.74, 6) is -0.320. The summed E-state index contributed by atoms with van der Waals surface area (Å²) in [5.41, 5.74) is 0.957. The third-order valence-corrected chi connectivity index (χ3v) is 5.07. The summed E-state index contributed by atoms with van der Waals surface area (Å²) in [5, 5.41) is 7.67. The van der Waals surface area contributed by atoms with E-state index in [-0.39, 0.29) is 24.1 Å². The van der Waals surface area contributed by atoms with Crippen LogP contribution in [0.3, 0.4) is 0 Å². The highest BCUT2D eigenvalue weighted by atomic mass is 32.2. The Hall–Kier alpha value is -2.09. The summed E-state index contributed by atoms with van der Waals surface area (Å²) >= 11 is 0. The molecule has 2 rings (SSSR count). The molecule has 1 unspecified atom stereocenters. The van der Waals surface area contributed by atoms with Crippen LogP contribution in [0.25, 0.3) is 0 Å². The monoisotopic (exact) mass is 325 g/mol. The summed E-state index contributed by atoms with van der Waals surface area (Å²) in [6.07, 6.45) is 0.425. The van der Waals surface area contributed by atoms with Gasteiger partial charge in [0.25, 0.3) is 0 Å². The molecule has 7 nitrogen and oxygen atoms in total. The first-order valence-electron chi connectivity index (χ1n) is 7.00. The topological polar surface area (TPSA) is 104 Å². The number of benzene rings is 1. The Bertz CT molecular complexity index is 631. The van der Waals surface area contributed by atoms with Crippen molar-refractivity contribution in [3.63, 3.8) is 0 Å². The maximum absolute atomic E-state index is 11.6. The third-order valence-electron chi connectivity index (χ3n) is 3.30. The van der Waals surface area contributed by atoms with Gasteiger partial charge in [-0.15, -0.1) is 0 Å². The van der Waals surface area contributed by atoms with Crippen molar-refractivity contribution in [3.05, 3.63) is 35.9 Å². The molecule has 1 aromatic rings. The molecule has 1 saturated heterocycles. The van der Waals surface area contributed by atoms with E-state index >= 15 is 0 Å². The smallest absolute Gasteiger partial charge is 0.315 e. The third kappa shape index (κ3) is 5.36. The highest BCUT2D eigenvalue weighted by Crippen LogP contribution is 2.10. The first-order valence-corrected chi connectivity index (χ1v) is 8.82. The summed E-state index contributed by atoms with van der Waals surface area (Å²) in [6.45, 7) is 0.187. The molecule has 3 N–H and O–H groups in total. The lowest BCUT2D eigenvalue weighted by molar-refractivity contribution is -0.120. The molecule has 3 amide bonds. The number of sulfone groups is 1. The van der Waals surface area contributed by atoms with Crippen LogP contribution in [-0.4, -0.2) is 44.4 Å². The first-order chi connectivity index (χ1) is 10.4. The summed E-state index contributed by atoms with van der Waals surface area (Å²) < 4.78 is 22.6. The second-order valence-corrected chi connectivity index (χ2v) is 7.42. The molecule has 1 aliphatic heterocycles. The molecule has 1 heterocycles. The van der Waals surface area contributed by atoms with Crippen LogP contribution in [0, 0.1) is 0 Å². The van der Waals surface area contributed by atoms with E-state index in [1.165, 1.54) is 0 Å². The number of carbonyl (C=O) groups is 2. The van der Waals surface area contributed by atoms with Crippen LogP contribution >= 0.6 is 0 Å². The van der Waals surface area contributed by atoms with Gasteiger partial charge in [0.2, 0.25) is 5.91 Å². The lowest BCUT2D eigenvalue weighted by atomic mass is 10.2. The van der Waals surface area contributed by atoms with E-state index < -0.39 is 21.8 Å². The van der Waals surface area contributed by atoms with Crippen LogP contribution in [-0.2, 0) is 21.2 Å². The van der Waals surface area contributed by atoms with Crippen LogP contribution in [0.5, 0.6) is 0 Å². The van der Waals surface area contributed by atoms with Crippen LogP contribution in [0.15, 0.2) is 30.3 Å². The fourth-order valence-corrected chi connectivity index (χ4v) is 3.86. The van der Waals surface area contributed by atoms with Crippen molar-refractivity contribution in [1.29, 1.82) is 0 Å².